The molecular weight excluding hydrogens is 300 g/mol. The van der Waals surface area contributed by atoms with Crippen molar-refractivity contribution >= 4 is 14.1 Å². The Balaban J connectivity index is 2.16. The van der Waals surface area contributed by atoms with E-state index in [1.807, 2.05) is 55.5 Å². The minimum atomic E-state index is -1.85. The summed E-state index contributed by atoms with van der Waals surface area (Å²) in [5, 5.41) is 0.156. The monoisotopic (exact) mass is 326 g/mol. The summed E-state index contributed by atoms with van der Waals surface area (Å²) in [6.07, 6.45) is 0. The zero-order chi connectivity index (χ0) is 17.3. The SMILES string of the molecule is Cc1ccc(C(=O)c2ccc(O[Si](C)(C)C(C)(C)C)cc2)cc1. The number of hydrogen-bond acceptors (Lipinski definition) is 2. The van der Waals surface area contributed by atoms with E-state index in [2.05, 4.69) is 33.9 Å². The van der Waals surface area contributed by atoms with E-state index in [0.717, 1.165) is 11.3 Å². The van der Waals surface area contributed by atoms with Gasteiger partial charge in [0.2, 0.25) is 8.32 Å². The van der Waals surface area contributed by atoms with Crippen LogP contribution in [0.2, 0.25) is 18.1 Å². The molecule has 0 fully saturated rings. The van der Waals surface area contributed by atoms with Crippen molar-refractivity contribution in [1.29, 1.82) is 0 Å². The summed E-state index contributed by atoms with van der Waals surface area (Å²) in [4.78, 5) is 12.5. The van der Waals surface area contributed by atoms with Crippen molar-refractivity contribution in [1.82, 2.24) is 0 Å². The molecule has 0 aliphatic heterocycles. The molecule has 0 amide bonds. The molecule has 2 rings (SSSR count). The van der Waals surface area contributed by atoms with Crippen molar-refractivity contribution in [3.05, 3.63) is 65.2 Å². The summed E-state index contributed by atoms with van der Waals surface area (Å²) in [6.45, 7) is 13.1. The van der Waals surface area contributed by atoms with E-state index in [0.29, 0.717) is 11.1 Å². The van der Waals surface area contributed by atoms with Gasteiger partial charge in [-0.25, -0.2) is 0 Å². The molecule has 0 bridgehead atoms. The fourth-order valence-electron chi connectivity index (χ4n) is 1.99. The van der Waals surface area contributed by atoms with Crippen molar-refractivity contribution in [3.63, 3.8) is 0 Å². The first-order valence-electron chi connectivity index (χ1n) is 8.01. The molecule has 122 valence electrons. The minimum Gasteiger partial charge on any atom is -0.544 e. The van der Waals surface area contributed by atoms with E-state index in [1.54, 1.807) is 0 Å². The van der Waals surface area contributed by atoms with Crippen LogP contribution in [0.25, 0.3) is 0 Å². The maximum Gasteiger partial charge on any atom is 0.250 e. The first-order valence-corrected chi connectivity index (χ1v) is 10.9. The number of ketones is 1. The number of rotatable bonds is 4. The van der Waals surface area contributed by atoms with Gasteiger partial charge < -0.3 is 4.43 Å². The topological polar surface area (TPSA) is 26.3 Å². The molecule has 0 heterocycles. The highest BCUT2D eigenvalue weighted by atomic mass is 28.4. The van der Waals surface area contributed by atoms with Crippen molar-refractivity contribution in [3.8, 4) is 5.75 Å². The zero-order valence-corrected chi connectivity index (χ0v) is 15.9. The van der Waals surface area contributed by atoms with Gasteiger partial charge in [-0.2, -0.15) is 0 Å². The van der Waals surface area contributed by atoms with Crippen LogP contribution in [0.5, 0.6) is 5.75 Å². The third kappa shape index (κ3) is 4.11. The van der Waals surface area contributed by atoms with Gasteiger partial charge >= 0.3 is 0 Å². The lowest BCUT2D eigenvalue weighted by molar-refractivity contribution is 0.103. The molecule has 0 unspecified atom stereocenters. The van der Waals surface area contributed by atoms with Crippen molar-refractivity contribution in [2.45, 2.75) is 45.8 Å². The molecule has 23 heavy (non-hydrogen) atoms. The summed E-state index contributed by atoms with van der Waals surface area (Å²) < 4.78 is 6.25. The summed E-state index contributed by atoms with van der Waals surface area (Å²) >= 11 is 0. The van der Waals surface area contributed by atoms with Crippen LogP contribution in [-0.4, -0.2) is 14.1 Å². The molecule has 2 aromatic rings. The highest BCUT2D eigenvalue weighted by Gasteiger charge is 2.38. The highest BCUT2D eigenvalue weighted by Crippen LogP contribution is 2.37. The Hall–Kier alpha value is -1.87. The van der Waals surface area contributed by atoms with Gasteiger partial charge in [0.05, 0.1) is 0 Å². The zero-order valence-electron chi connectivity index (χ0n) is 14.9. The lowest BCUT2D eigenvalue weighted by atomic mass is 10.0. The summed E-state index contributed by atoms with van der Waals surface area (Å²) in [5.74, 6) is 0.890. The average molecular weight is 327 g/mol. The maximum absolute atomic E-state index is 12.5. The Labute approximate surface area is 140 Å². The van der Waals surface area contributed by atoms with Crippen molar-refractivity contribution in [2.75, 3.05) is 0 Å². The Morgan fingerprint density at radius 1 is 0.870 bits per heavy atom. The second kappa shape index (κ2) is 6.32. The fourth-order valence-corrected chi connectivity index (χ4v) is 3.03. The molecule has 0 aliphatic rings. The van der Waals surface area contributed by atoms with Gasteiger partial charge in [0, 0.05) is 11.1 Å². The average Bonchev–Trinajstić information content (AvgIpc) is 2.46. The van der Waals surface area contributed by atoms with Crippen LogP contribution in [0.4, 0.5) is 0 Å². The third-order valence-electron chi connectivity index (χ3n) is 4.61. The molecule has 2 nitrogen and oxygen atoms in total. The lowest BCUT2D eigenvalue weighted by Gasteiger charge is -2.36. The number of carbonyl (C=O) groups is 1. The fraction of sp³-hybridized carbons (Fsp3) is 0.350. The molecule has 0 atom stereocenters. The van der Waals surface area contributed by atoms with Gasteiger partial charge in [-0.15, -0.1) is 0 Å². The van der Waals surface area contributed by atoms with Crippen LogP contribution < -0.4 is 4.43 Å². The number of benzene rings is 2. The van der Waals surface area contributed by atoms with Crippen LogP contribution in [0.3, 0.4) is 0 Å². The van der Waals surface area contributed by atoms with Gasteiger partial charge in [0.1, 0.15) is 5.75 Å². The molecule has 3 heteroatoms. The molecule has 0 saturated carbocycles. The predicted molar refractivity (Wildman–Crippen MR) is 98.9 cm³/mol. The molecular formula is C20H26O2Si. The maximum atomic E-state index is 12.5. The standard InChI is InChI=1S/C20H26O2Si/c1-15-7-9-16(10-8-15)19(21)17-11-13-18(14-12-17)22-23(5,6)20(2,3)4/h7-14H,1-6H3. The van der Waals surface area contributed by atoms with E-state index in [9.17, 15) is 4.79 Å². The highest BCUT2D eigenvalue weighted by molar-refractivity contribution is 6.74. The van der Waals surface area contributed by atoms with Crippen LogP contribution >= 0.6 is 0 Å². The first kappa shape index (κ1) is 17.5. The molecule has 0 spiro atoms. The summed E-state index contributed by atoms with van der Waals surface area (Å²) in [5.41, 5.74) is 2.56. The van der Waals surface area contributed by atoms with Crippen molar-refractivity contribution < 1.29 is 9.22 Å². The second-order valence-corrected chi connectivity index (χ2v) is 12.3. The normalized spacial score (nSPS) is 12.1. The second-order valence-electron chi connectivity index (χ2n) is 7.58. The molecule has 2 aromatic carbocycles. The summed E-state index contributed by atoms with van der Waals surface area (Å²) in [7, 11) is -1.85. The molecule has 0 N–H and O–H groups in total. The van der Waals surface area contributed by atoms with Gasteiger partial charge in [0.15, 0.2) is 5.78 Å². The van der Waals surface area contributed by atoms with Crippen LogP contribution in [0, 0.1) is 6.92 Å². The van der Waals surface area contributed by atoms with E-state index >= 15 is 0 Å². The van der Waals surface area contributed by atoms with E-state index in [4.69, 9.17) is 4.43 Å². The van der Waals surface area contributed by atoms with Crippen molar-refractivity contribution in [2.24, 2.45) is 0 Å². The first-order chi connectivity index (χ1) is 10.6. The number of aryl methyl sites for hydroxylation is 1. The van der Waals surface area contributed by atoms with E-state index < -0.39 is 8.32 Å². The lowest BCUT2D eigenvalue weighted by Crippen LogP contribution is -2.43. The van der Waals surface area contributed by atoms with Crippen LogP contribution in [0.15, 0.2) is 48.5 Å². The van der Waals surface area contributed by atoms with E-state index in [1.165, 1.54) is 0 Å². The number of carbonyl (C=O) groups excluding carboxylic acids is 1. The van der Waals surface area contributed by atoms with E-state index in [-0.39, 0.29) is 10.8 Å². The Morgan fingerprint density at radius 2 is 1.30 bits per heavy atom. The third-order valence-corrected chi connectivity index (χ3v) is 8.97. The molecule has 0 radical (unpaired) electrons. The quantitative estimate of drug-likeness (QED) is 0.539. The van der Waals surface area contributed by atoms with Gasteiger partial charge in [-0.1, -0.05) is 50.6 Å². The Bertz CT molecular complexity index is 677. The minimum absolute atomic E-state index is 0.0453. The summed E-state index contributed by atoms with van der Waals surface area (Å²) in [6, 6.07) is 15.2. The molecule has 0 aromatic heterocycles. The van der Waals surface area contributed by atoms with Crippen LogP contribution in [0.1, 0.15) is 42.3 Å². The Kier molecular flexibility index (Phi) is 4.80. The van der Waals surface area contributed by atoms with Gasteiger partial charge in [-0.3, -0.25) is 4.79 Å². The number of hydrogen-bond donors (Lipinski definition) is 0. The predicted octanol–water partition coefficient (Wildman–Crippen LogP) is 5.61. The van der Waals surface area contributed by atoms with Crippen LogP contribution in [-0.2, 0) is 0 Å². The largest absolute Gasteiger partial charge is 0.544 e. The smallest absolute Gasteiger partial charge is 0.250 e. The van der Waals surface area contributed by atoms with Gasteiger partial charge in [0.25, 0.3) is 0 Å². The molecule has 0 aliphatic carbocycles. The Morgan fingerprint density at radius 3 is 1.74 bits per heavy atom. The molecule has 0 saturated heterocycles. The van der Waals surface area contributed by atoms with Gasteiger partial charge in [-0.05, 0) is 49.3 Å².